The van der Waals surface area contributed by atoms with Gasteiger partial charge in [0.25, 0.3) is 0 Å². The SMILES string of the molecule is CC(CCN)C(=O)c1cccnc1. The molecular formula is C10H14N2O. The maximum atomic E-state index is 11.6. The molecule has 70 valence electrons. The summed E-state index contributed by atoms with van der Waals surface area (Å²) in [5.74, 6) is 0.118. The lowest BCUT2D eigenvalue weighted by atomic mass is 9.98. The third-order valence-corrected chi connectivity index (χ3v) is 1.99. The van der Waals surface area contributed by atoms with Crippen LogP contribution in [0.15, 0.2) is 24.5 Å². The van der Waals surface area contributed by atoms with Gasteiger partial charge < -0.3 is 5.73 Å². The van der Waals surface area contributed by atoms with Gasteiger partial charge in [-0.25, -0.2) is 0 Å². The van der Waals surface area contributed by atoms with Gasteiger partial charge in [-0.15, -0.1) is 0 Å². The van der Waals surface area contributed by atoms with E-state index in [0.29, 0.717) is 12.1 Å². The zero-order valence-electron chi connectivity index (χ0n) is 7.73. The Morgan fingerprint density at radius 1 is 1.69 bits per heavy atom. The number of hydrogen-bond donors (Lipinski definition) is 1. The smallest absolute Gasteiger partial charge is 0.167 e. The van der Waals surface area contributed by atoms with E-state index in [1.807, 2.05) is 6.92 Å². The third-order valence-electron chi connectivity index (χ3n) is 1.99. The predicted molar refractivity (Wildman–Crippen MR) is 51.4 cm³/mol. The summed E-state index contributed by atoms with van der Waals surface area (Å²) in [6, 6.07) is 3.55. The van der Waals surface area contributed by atoms with Crippen molar-refractivity contribution in [1.29, 1.82) is 0 Å². The molecule has 2 N–H and O–H groups in total. The third kappa shape index (κ3) is 2.63. The first kappa shape index (κ1) is 9.86. The van der Waals surface area contributed by atoms with Crippen molar-refractivity contribution in [2.24, 2.45) is 11.7 Å². The van der Waals surface area contributed by atoms with E-state index < -0.39 is 0 Å². The van der Waals surface area contributed by atoms with E-state index in [-0.39, 0.29) is 11.7 Å². The molecule has 13 heavy (non-hydrogen) atoms. The molecule has 1 aromatic rings. The van der Waals surface area contributed by atoms with Crippen molar-refractivity contribution in [3.8, 4) is 0 Å². The fourth-order valence-electron chi connectivity index (χ4n) is 1.17. The first-order chi connectivity index (χ1) is 6.25. The van der Waals surface area contributed by atoms with E-state index in [1.54, 1.807) is 24.5 Å². The van der Waals surface area contributed by atoms with Crippen molar-refractivity contribution in [3.05, 3.63) is 30.1 Å². The number of rotatable bonds is 4. The fourth-order valence-corrected chi connectivity index (χ4v) is 1.17. The van der Waals surface area contributed by atoms with Gasteiger partial charge in [0, 0.05) is 23.9 Å². The molecule has 0 amide bonds. The first-order valence-corrected chi connectivity index (χ1v) is 4.40. The first-order valence-electron chi connectivity index (χ1n) is 4.40. The number of carbonyl (C=O) groups excluding carboxylic acids is 1. The normalized spacial score (nSPS) is 12.5. The Hall–Kier alpha value is -1.22. The maximum Gasteiger partial charge on any atom is 0.167 e. The van der Waals surface area contributed by atoms with E-state index >= 15 is 0 Å². The van der Waals surface area contributed by atoms with E-state index in [9.17, 15) is 4.79 Å². The minimum absolute atomic E-state index is 0.00537. The molecule has 0 radical (unpaired) electrons. The van der Waals surface area contributed by atoms with Gasteiger partial charge in [0.2, 0.25) is 0 Å². The van der Waals surface area contributed by atoms with Crippen LogP contribution in [0.5, 0.6) is 0 Å². The Bertz CT molecular complexity index is 272. The van der Waals surface area contributed by atoms with Crippen LogP contribution in [0, 0.1) is 5.92 Å². The van der Waals surface area contributed by atoms with Gasteiger partial charge >= 0.3 is 0 Å². The highest BCUT2D eigenvalue weighted by Crippen LogP contribution is 2.09. The number of hydrogen-bond acceptors (Lipinski definition) is 3. The van der Waals surface area contributed by atoms with E-state index in [0.717, 1.165) is 6.42 Å². The number of Topliss-reactive ketones (excluding diaryl/α,β-unsaturated/α-hetero) is 1. The van der Waals surface area contributed by atoms with Crippen LogP contribution in [0.25, 0.3) is 0 Å². The summed E-state index contributed by atoms with van der Waals surface area (Å²) in [6.45, 7) is 2.44. The summed E-state index contributed by atoms with van der Waals surface area (Å²) in [5.41, 5.74) is 6.05. The van der Waals surface area contributed by atoms with Crippen LogP contribution in [0.1, 0.15) is 23.7 Å². The quantitative estimate of drug-likeness (QED) is 0.706. The monoisotopic (exact) mass is 178 g/mol. The van der Waals surface area contributed by atoms with Gasteiger partial charge in [-0.1, -0.05) is 6.92 Å². The average Bonchev–Trinajstić information content (AvgIpc) is 2.18. The van der Waals surface area contributed by atoms with Crippen molar-refractivity contribution in [1.82, 2.24) is 4.98 Å². The Kier molecular flexibility index (Phi) is 3.58. The van der Waals surface area contributed by atoms with Crippen molar-refractivity contribution >= 4 is 5.78 Å². The second-order valence-corrected chi connectivity index (χ2v) is 3.08. The van der Waals surface area contributed by atoms with Crippen LogP contribution < -0.4 is 5.73 Å². The summed E-state index contributed by atoms with van der Waals surface area (Å²) in [7, 11) is 0. The van der Waals surface area contributed by atoms with Gasteiger partial charge in [0.15, 0.2) is 5.78 Å². The molecule has 1 unspecified atom stereocenters. The summed E-state index contributed by atoms with van der Waals surface area (Å²) in [5, 5.41) is 0. The number of nitrogens with zero attached hydrogens (tertiary/aromatic N) is 1. The molecular weight excluding hydrogens is 164 g/mol. The van der Waals surface area contributed by atoms with Crippen molar-refractivity contribution < 1.29 is 4.79 Å². The Balaban J connectivity index is 2.68. The van der Waals surface area contributed by atoms with Crippen molar-refractivity contribution in [2.75, 3.05) is 6.54 Å². The van der Waals surface area contributed by atoms with Crippen LogP contribution in [0.2, 0.25) is 0 Å². The van der Waals surface area contributed by atoms with Crippen LogP contribution >= 0.6 is 0 Å². The van der Waals surface area contributed by atoms with Gasteiger partial charge in [-0.3, -0.25) is 9.78 Å². The highest BCUT2D eigenvalue weighted by atomic mass is 16.1. The van der Waals surface area contributed by atoms with E-state index in [4.69, 9.17) is 5.73 Å². The lowest BCUT2D eigenvalue weighted by Crippen LogP contribution is -2.15. The summed E-state index contributed by atoms with van der Waals surface area (Å²) >= 11 is 0. The minimum atomic E-state index is -0.00537. The molecule has 0 aliphatic carbocycles. The van der Waals surface area contributed by atoms with Crippen LogP contribution in [-0.4, -0.2) is 17.3 Å². The zero-order valence-corrected chi connectivity index (χ0v) is 7.73. The largest absolute Gasteiger partial charge is 0.330 e. The van der Waals surface area contributed by atoms with Gasteiger partial charge in [0.1, 0.15) is 0 Å². The summed E-state index contributed by atoms with van der Waals surface area (Å²) in [4.78, 5) is 15.5. The highest BCUT2D eigenvalue weighted by Gasteiger charge is 2.13. The van der Waals surface area contributed by atoms with Crippen molar-refractivity contribution in [2.45, 2.75) is 13.3 Å². The zero-order chi connectivity index (χ0) is 9.68. The second kappa shape index (κ2) is 4.72. The predicted octanol–water partition coefficient (Wildman–Crippen LogP) is 1.25. The van der Waals surface area contributed by atoms with E-state index in [1.165, 1.54) is 0 Å². The molecule has 0 bridgehead atoms. The summed E-state index contributed by atoms with van der Waals surface area (Å²) in [6.07, 6.45) is 3.98. The molecule has 0 aromatic carbocycles. The number of ketones is 1. The highest BCUT2D eigenvalue weighted by molar-refractivity contribution is 5.97. The van der Waals surface area contributed by atoms with Gasteiger partial charge in [-0.05, 0) is 25.1 Å². The molecule has 0 fully saturated rings. The lowest BCUT2D eigenvalue weighted by molar-refractivity contribution is 0.0925. The van der Waals surface area contributed by atoms with E-state index in [2.05, 4.69) is 4.98 Å². The van der Waals surface area contributed by atoms with Gasteiger partial charge in [0.05, 0.1) is 0 Å². The number of pyridine rings is 1. The molecule has 0 saturated heterocycles. The lowest BCUT2D eigenvalue weighted by Gasteiger charge is -2.07. The fraction of sp³-hybridized carbons (Fsp3) is 0.400. The molecule has 0 aliphatic heterocycles. The molecule has 1 heterocycles. The molecule has 0 spiro atoms. The molecule has 3 heteroatoms. The molecule has 1 atom stereocenters. The second-order valence-electron chi connectivity index (χ2n) is 3.08. The minimum Gasteiger partial charge on any atom is -0.330 e. The molecule has 1 rings (SSSR count). The maximum absolute atomic E-state index is 11.6. The molecule has 1 aromatic heterocycles. The van der Waals surface area contributed by atoms with Crippen LogP contribution in [0.4, 0.5) is 0 Å². The number of aromatic nitrogens is 1. The Morgan fingerprint density at radius 2 is 2.46 bits per heavy atom. The van der Waals surface area contributed by atoms with Gasteiger partial charge in [-0.2, -0.15) is 0 Å². The van der Waals surface area contributed by atoms with Crippen LogP contribution in [0.3, 0.4) is 0 Å². The topological polar surface area (TPSA) is 56.0 Å². The Morgan fingerprint density at radius 3 is 3.00 bits per heavy atom. The standard InChI is InChI=1S/C10H14N2O/c1-8(4-5-11)10(13)9-3-2-6-12-7-9/h2-3,6-8H,4-5,11H2,1H3. The Labute approximate surface area is 78.0 Å². The van der Waals surface area contributed by atoms with Crippen molar-refractivity contribution in [3.63, 3.8) is 0 Å². The average molecular weight is 178 g/mol. The molecule has 3 nitrogen and oxygen atoms in total. The van der Waals surface area contributed by atoms with Crippen LogP contribution in [-0.2, 0) is 0 Å². The number of carbonyl (C=O) groups is 1. The molecule has 0 aliphatic rings. The molecule has 0 saturated carbocycles. The summed E-state index contributed by atoms with van der Waals surface area (Å²) < 4.78 is 0. The number of nitrogens with two attached hydrogens (primary N) is 1.